The Kier molecular flexibility index (Phi) is 2.35. The number of allylic oxidation sites excluding steroid dienone is 4. The molecular weight excluding hydrogens is 178 g/mol. The van der Waals surface area contributed by atoms with Gasteiger partial charge in [-0.15, -0.1) is 0 Å². The SMILES string of the molecule is NC=C1C=CC(S(=O)(=O)O)=CC1. The van der Waals surface area contributed by atoms with Gasteiger partial charge in [0.1, 0.15) is 0 Å². The summed E-state index contributed by atoms with van der Waals surface area (Å²) in [7, 11) is -4.05. The van der Waals surface area contributed by atoms with Crippen LogP contribution in [0.25, 0.3) is 0 Å². The first-order chi connectivity index (χ1) is 5.54. The van der Waals surface area contributed by atoms with Crippen LogP contribution in [0.4, 0.5) is 0 Å². The summed E-state index contributed by atoms with van der Waals surface area (Å²) in [6, 6.07) is 0. The van der Waals surface area contributed by atoms with Gasteiger partial charge in [0.2, 0.25) is 0 Å². The average molecular weight is 187 g/mol. The molecule has 1 aliphatic carbocycles. The molecule has 0 saturated heterocycles. The van der Waals surface area contributed by atoms with Gasteiger partial charge in [-0.05, 0) is 24.3 Å². The summed E-state index contributed by atoms with van der Waals surface area (Å²) in [5.41, 5.74) is 6.02. The first-order valence-electron chi connectivity index (χ1n) is 3.30. The summed E-state index contributed by atoms with van der Waals surface area (Å²) in [5.74, 6) is 0. The standard InChI is InChI=1S/C7H9NO3S/c8-5-6-1-3-7(4-2-6)12(9,10)11/h1,3-5H,2,8H2,(H,9,10,11). The van der Waals surface area contributed by atoms with Crippen molar-refractivity contribution in [3.8, 4) is 0 Å². The molecule has 0 amide bonds. The fourth-order valence-corrected chi connectivity index (χ4v) is 1.39. The van der Waals surface area contributed by atoms with Crippen molar-refractivity contribution in [2.24, 2.45) is 5.73 Å². The van der Waals surface area contributed by atoms with E-state index in [9.17, 15) is 8.42 Å². The van der Waals surface area contributed by atoms with Crippen molar-refractivity contribution < 1.29 is 13.0 Å². The summed E-state index contributed by atoms with van der Waals surface area (Å²) in [6.45, 7) is 0. The lowest BCUT2D eigenvalue weighted by molar-refractivity contribution is 0.492. The minimum atomic E-state index is -4.05. The summed E-state index contributed by atoms with van der Waals surface area (Å²) >= 11 is 0. The van der Waals surface area contributed by atoms with E-state index in [-0.39, 0.29) is 4.91 Å². The first kappa shape index (κ1) is 9.02. The number of rotatable bonds is 1. The zero-order valence-electron chi connectivity index (χ0n) is 6.27. The third-order valence-electron chi connectivity index (χ3n) is 1.51. The van der Waals surface area contributed by atoms with Crippen molar-refractivity contribution in [1.29, 1.82) is 0 Å². The third kappa shape index (κ3) is 1.96. The Balaban J connectivity index is 2.93. The summed E-state index contributed by atoms with van der Waals surface area (Å²) in [4.78, 5) is -0.0758. The topological polar surface area (TPSA) is 80.4 Å². The molecule has 0 unspecified atom stereocenters. The molecule has 5 heteroatoms. The predicted molar refractivity (Wildman–Crippen MR) is 45.7 cm³/mol. The Morgan fingerprint density at radius 2 is 2.17 bits per heavy atom. The fraction of sp³-hybridized carbons (Fsp3) is 0.143. The van der Waals surface area contributed by atoms with Crippen molar-refractivity contribution >= 4 is 10.1 Å². The third-order valence-corrected chi connectivity index (χ3v) is 2.41. The van der Waals surface area contributed by atoms with Crippen LogP contribution in [0.15, 0.2) is 34.9 Å². The highest BCUT2D eigenvalue weighted by Crippen LogP contribution is 2.17. The minimum absolute atomic E-state index is 0.0758. The first-order valence-corrected chi connectivity index (χ1v) is 4.74. The Labute approximate surface area is 70.8 Å². The van der Waals surface area contributed by atoms with Crippen molar-refractivity contribution in [3.05, 3.63) is 34.9 Å². The van der Waals surface area contributed by atoms with E-state index in [1.165, 1.54) is 18.4 Å². The lowest BCUT2D eigenvalue weighted by atomic mass is 10.1. The molecule has 0 spiro atoms. The van der Waals surface area contributed by atoms with Crippen molar-refractivity contribution in [2.75, 3.05) is 0 Å². The lowest BCUT2D eigenvalue weighted by Gasteiger charge is -2.05. The van der Waals surface area contributed by atoms with E-state index in [0.717, 1.165) is 5.57 Å². The van der Waals surface area contributed by atoms with Gasteiger partial charge < -0.3 is 5.73 Å². The van der Waals surface area contributed by atoms with E-state index in [4.69, 9.17) is 10.3 Å². The highest BCUT2D eigenvalue weighted by atomic mass is 32.2. The van der Waals surface area contributed by atoms with E-state index in [1.54, 1.807) is 6.08 Å². The molecule has 0 heterocycles. The Morgan fingerprint density at radius 1 is 1.50 bits per heavy atom. The molecule has 12 heavy (non-hydrogen) atoms. The smallest absolute Gasteiger partial charge is 0.294 e. The average Bonchev–Trinajstić information content (AvgIpc) is 2.03. The van der Waals surface area contributed by atoms with Gasteiger partial charge in [-0.2, -0.15) is 8.42 Å². The van der Waals surface area contributed by atoms with Gasteiger partial charge in [0, 0.05) is 0 Å². The van der Waals surface area contributed by atoms with Crippen LogP contribution < -0.4 is 5.73 Å². The fourth-order valence-electron chi connectivity index (χ4n) is 0.859. The lowest BCUT2D eigenvalue weighted by Crippen LogP contribution is -2.02. The highest BCUT2D eigenvalue weighted by molar-refractivity contribution is 7.90. The van der Waals surface area contributed by atoms with Gasteiger partial charge in [0.05, 0.1) is 4.91 Å². The second-order valence-corrected chi connectivity index (χ2v) is 3.78. The zero-order valence-corrected chi connectivity index (χ0v) is 7.08. The molecule has 0 saturated carbocycles. The van der Waals surface area contributed by atoms with Crippen molar-refractivity contribution in [2.45, 2.75) is 6.42 Å². The van der Waals surface area contributed by atoms with Crippen LogP contribution in [-0.4, -0.2) is 13.0 Å². The molecule has 0 aromatic heterocycles. The molecule has 66 valence electrons. The van der Waals surface area contributed by atoms with Crippen LogP contribution in [0.5, 0.6) is 0 Å². The largest absolute Gasteiger partial charge is 0.404 e. The molecule has 1 rings (SSSR count). The van der Waals surface area contributed by atoms with Gasteiger partial charge in [0.25, 0.3) is 10.1 Å². The number of hydrogen-bond donors (Lipinski definition) is 2. The normalized spacial score (nSPS) is 21.1. The van der Waals surface area contributed by atoms with E-state index >= 15 is 0 Å². The number of hydrogen-bond acceptors (Lipinski definition) is 3. The predicted octanol–water partition coefficient (Wildman–Crippen LogP) is 0.561. The van der Waals surface area contributed by atoms with Gasteiger partial charge in [0.15, 0.2) is 0 Å². The van der Waals surface area contributed by atoms with E-state index in [0.29, 0.717) is 6.42 Å². The van der Waals surface area contributed by atoms with E-state index in [1.807, 2.05) is 0 Å². The van der Waals surface area contributed by atoms with Gasteiger partial charge in [-0.1, -0.05) is 12.2 Å². The Morgan fingerprint density at radius 3 is 2.50 bits per heavy atom. The highest BCUT2D eigenvalue weighted by Gasteiger charge is 2.12. The molecule has 0 bridgehead atoms. The maximum atomic E-state index is 10.6. The van der Waals surface area contributed by atoms with Gasteiger partial charge in [-0.25, -0.2) is 0 Å². The molecule has 3 N–H and O–H groups in total. The molecule has 0 aliphatic heterocycles. The van der Waals surface area contributed by atoms with Gasteiger partial charge in [-0.3, -0.25) is 4.55 Å². The zero-order chi connectivity index (χ0) is 9.19. The van der Waals surface area contributed by atoms with Crippen LogP contribution in [-0.2, 0) is 10.1 Å². The van der Waals surface area contributed by atoms with Crippen LogP contribution in [0.1, 0.15) is 6.42 Å². The Hall–Kier alpha value is -1.07. The quantitative estimate of drug-likeness (QED) is 0.588. The van der Waals surface area contributed by atoms with Crippen molar-refractivity contribution in [1.82, 2.24) is 0 Å². The molecule has 0 aromatic rings. The van der Waals surface area contributed by atoms with Crippen LogP contribution in [0.2, 0.25) is 0 Å². The molecule has 0 atom stereocenters. The van der Waals surface area contributed by atoms with E-state index < -0.39 is 10.1 Å². The molecule has 0 aromatic carbocycles. The molecular formula is C7H9NO3S. The molecule has 1 aliphatic rings. The molecule has 4 nitrogen and oxygen atoms in total. The maximum Gasteiger partial charge on any atom is 0.294 e. The maximum absolute atomic E-state index is 10.6. The van der Waals surface area contributed by atoms with Crippen molar-refractivity contribution in [3.63, 3.8) is 0 Å². The molecule has 0 fully saturated rings. The minimum Gasteiger partial charge on any atom is -0.404 e. The second-order valence-electron chi connectivity index (χ2n) is 2.36. The van der Waals surface area contributed by atoms with Crippen LogP contribution >= 0.6 is 0 Å². The van der Waals surface area contributed by atoms with Crippen LogP contribution in [0.3, 0.4) is 0 Å². The van der Waals surface area contributed by atoms with Gasteiger partial charge >= 0.3 is 0 Å². The van der Waals surface area contributed by atoms with Crippen LogP contribution in [0, 0.1) is 0 Å². The second kappa shape index (κ2) is 3.12. The summed E-state index contributed by atoms with van der Waals surface area (Å²) in [6.07, 6.45) is 6.12. The summed E-state index contributed by atoms with van der Waals surface area (Å²) < 4.78 is 29.7. The summed E-state index contributed by atoms with van der Waals surface area (Å²) in [5, 5.41) is 0. The Bertz CT molecular complexity index is 362. The van der Waals surface area contributed by atoms with E-state index in [2.05, 4.69) is 0 Å². The molecule has 0 radical (unpaired) electrons. The monoisotopic (exact) mass is 187 g/mol. The number of nitrogens with two attached hydrogens (primary N) is 1.